The second-order valence-corrected chi connectivity index (χ2v) is 8.52. The summed E-state index contributed by atoms with van der Waals surface area (Å²) in [5, 5.41) is 3.08. The standard InChI is InChI=1S/C21H27N3O5S/c1-12-9-8-10-14(30-20-23-15(27-6)11-16(24-20)28-7)17(12)18(25)22-13(2)19(26)29-21(3,4)5/h8-11,13H,1-7H3,(H,22,25)/t13-/m0/s1. The van der Waals surface area contributed by atoms with Gasteiger partial charge in [-0.05, 0) is 58.0 Å². The number of carbonyl (C=O) groups is 2. The van der Waals surface area contributed by atoms with Crippen molar-refractivity contribution in [1.29, 1.82) is 0 Å². The minimum absolute atomic E-state index is 0.349. The topological polar surface area (TPSA) is 99.6 Å². The number of nitrogens with one attached hydrogen (secondary N) is 1. The fraction of sp³-hybridized carbons (Fsp3) is 0.429. The van der Waals surface area contributed by atoms with Gasteiger partial charge in [-0.25, -0.2) is 4.79 Å². The first kappa shape index (κ1) is 23.5. The number of carbonyl (C=O) groups excluding carboxylic acids is 2. The van der Waals surface area contributed by atoms with Gasteiger partial charge in [-0.1, -0.05) is 12.1 Å². The lowest BCUT2D eigenvalue weighted by molar-refractivity contribution is -0.156. The lowest BCUT2D eigenvalue weighted by atomic mass is 10.1. The molecule has 0 radical (unpaired) electrons. The summed E-state index contributed by atoms with van der Waals surface area (Å²) >= 11 is 1.20. The highest BCUT2D eigenvalue weighted by molar-refractivity contribution is 7.99. The average molecular weight is 434 g/mol. The summed E-state index contributed by atoms with van der Waals surface area (Å²) in [5.74, 6) is -0.188. The first-order chi connectivity index (χ1) is 14.0. The van der Waals surface area contributed by atoms with Crippen LogP contribution < -0.4 is 14.8 Å². The number of methoxy groups -OCH3 is 2. The predicted octanol–water partition coefficient (Wildman–Crippen LogP) is 3.41. The SMILES string of the molecule is COc1cc(OC)nc(Sc2cccc(C)c2C(=O)N[C@@H](C)C(=O)OC(C)(C)C)n1. The Labute approximate surface area is 180 Å². The number of aryl methyl sites for hydroxylation is 1. The van der Waals surface area contributed by atoms with E-state index in [0.717, 1.165) is 5.56 Å². The van der Waals surface area contributed by atoms with Gasteiger partial charge in [-0.3, -0.25) is 4.79 Å². The maximum absolute atomic E-state index is 13.0. The molecule has 9 heteroatoms. The highest BCUT2D eigenvalue weighted by Crippen LogP contribution is 2.32. The molecule has 2 rings (SSSR count). The predicted molar refractivity (Wildman–Crippen MR) is 113 cm³/mol. The normalized spacial score (nSPS) is 12.1. The van der Waals surface area contributed by atoms with E-state index in [2.05, 4.69) is 15.3 Å². The third-order valence-electron chi connectivity index (χ3n) is 3.85. The number of nitrogens with zero attached hydrogens (tertiary/aromatic N) is 2. The van der Waals surface area contributed by atoms with Crippen LogP contribution in [0.25, 0.3) is 0 Å². The number of hydrogen-bond acceptors (Lipinski definition) is 8. The molecule has 0 aliphatic rings. The van der Waals surface area contributed by atoms with Crippen molar-refractivity contribution in [2.75, 3.05) is 14.2 Å². The highest BCUT2D eigenvalue weighted by atomic mass is 32.2. The van der Waals surface area contributed by atoms with Crippen LogP contribution in [0.5, 0.6) is 11.8 Å². The summed E-state index contributed by atoms with van der Waals surface area (Å²) in [7, 11) is 3.00. The van der Waals surface area contributed by atoms with E-state index >= 15 is 0 Å². The van der Waals surface area contributed by atoms with Gasteiger partial charge in [0.1, 0.15) is 11.6 Å². The molecule has 0 unspecified atom stereocenters. The molecule has 0 aliphatic heterocycles. The van der Waals surface area contributed by atoms with Crippen LogP contribution in [-0.4, -0.2) is 47.7 Å². The Morgan fingerprint density at radius 3 is 2.23 bits per heavy atom. The van der Waals surface area contributed by atoms with Crippen molar-refractivity contribution in [2.45, 2.75) is 56.3 Å². The zero-order valence-corrected chi connectivity index (χ0v) is 19.0. The van der Waals surface area contributed by atoms with Gasteiger partial charge in [0.2, 0.25) is 11.8 Å². The summed E-state index contributed by atoms with van der Waals surface area (Å²) in [4.78, 5) is 34.5. The molecule has 0 saturated heterocycles. The van der Waals surface area contributed by atoms with Crippen LogP contribution in [0.4, 0.5) is 0 Å². The molecule has 1 atom stereocenters. The van der Waals surface area contributed by atoms with Crippen LogP contribution in [0, 0.1) is 6.92 Å². The molecule has 1 amide bonds. The Morgan fingerprint density at radius 2 is 1.70 bits per heavy atom. The van der Waals surface area contributed by atoms with Crippen molar-refractivity contribution < 1.29 is 23.8 Å². The maximum Gasteiger partial charge on any atom is 0.328 e. The Hall–Kier alpha value is -2.81. The molecule has 0 saturated carbocycles. The van der Waals surface area contributed by atoms with Crippen LogP contribution in [0.2, 0.25) is 0 Å². The molecule has 1 aromatic heterocycles. The molecule has 1 N–H and O–H groups in total. The van der Waals surface area contributed by atoms with Gasteiger partial charge in [-0.15, -0.1) is 0 Å². The molecule has 162 valence electrons. The van der Waals surface area contributed by atoms with Gasteiger partial charge in [0.25, 0.3) is 5.91 Å². The van der Waals surface area contributed by atoms with Gasteiger partial charge in [0.05, 0.1) is 25.8 Å². The molecule has 1 heterocycles. The van der Waals surface area contributed by atoms with E-state index in [-0.39, 0.29) is 5.91 Å². The lowest BCUT2D eigenvalue weighted by Crippen LogP contribution is -2.42. The van der Waals surface area contributed by atoms with Gasteiger partial charge in [0.15, 0.2) is 5.16 Å². The first-order valence-corrected chi connectivity index (χ1v) is 10.1. The van der Waals surface area contributed by atoms with Crippen molar-refractivity contribution in [3.05, 3.63) is 35.4 Å². The summed E-state index contributed by atoms with van der Waals surface area (Å²) < 4.78 is 15.7. The number of ether oxygens (including phenoxy) is 3. The van der Waals surface area contributed by atoms with E-state index in [1.807, 2.05) is 19.1 Å². The molecule has 0 aliphatic carbocycles. The summed E-state index contributed by atoms with van der Waals surface area (Å²) in [5.41, 5.74) is 0.551. The molecule has 0 bridgehead atoms. The van der Waals surface area contributed by atoms with Gasteiger partial charge in [-0.2, -0.15) is 9.97 Å². The zero-order chi connectivity index (χ0) is 22.5. The van der Waals surface area contributed by atoms with Gasteiger partial charge in [0, 0.05) is 4.90 Å². The Morgan fingerprint density at radius 1 is 1.10 bits per heavy atom. The van der Waals surface area contributed by atoms with E-state index < -0.39 is 17.6 Å². The van der Waals surface area contributed by atoms with Crippen molar-refractivity contribution in [2.24, 2.45) is 0 Å². The maximum atomic E-state index is 13.0. The number of benzene rings is 1. The molecule has 0 spiro atoms. The van der Waals surface area contributed by atoms with E-state index in [0.29, 0.717) is 27.4 Å². The quantitative estimate of drug-likeness (QED) is 0.524. The second-order valence-electron chi connectivity index (χ2n) is 7.51. The van der Waals surface area contributed by atoms with Crippen LogP contribution in [0.3, 0.4) is 0 Å². The summed E-state index contributed by atoms with van der Waals surface area (Å²) in [6.07, 6.45) is 0. The van der Waals surface area contributed by atoms with Crippen LogP contribution in [0.1, 0.15) is 43.6 Å². The molecule has 1 aromatic carbocycles. The lowest BCUT2D eigenvalue weighted by Gasteiger charge is -2.23. The van der Waals surface area contributed by atoms with Crippen LogP contribution in [-0.2, 0) is 9.53 Å². The fourth-order valence-corrected chi connectivity index (χ4v) is 3.44. The Balaban J connectivity index is 2.28. The molecular weight excluding hydrogens is 406 g/mol. The monoisotopic (exact) mass is 433 g/mol. The van der Waals surface area contributed by atoms with Crippen LogP contribution in [0.15, 0.2) is 34.3 Å². The third-order valence-corrected chi connectivity index (χ3v) is 4.77. The Bertz CT molecular complexity index is 905. The van der Waals surface area contributed by atoms with E-state index in [1.54, 1.807) is 39.8 Å². The Kier molecular flexibility index (Phi) is 7.66. The smallest absolute Gasteiger partial charge is 0.328 e. The van der Waals surface area contributed by atoms with Gasteiger partial charge < -0.3 is 19.5 Å². The summed E-state index contributed by atoms with van der Waals surface area (Å²) in [6, 6.07) is 6.21. The fourth-order valence-electron chi connectivity index (χ4n) is 2.47. The van der Waals surface area contributed by atoms with Crippen molar-refractivity contribution in [1.82, 2.24) is 15.3 Å². The number of aromatic nitrogens is 2. The van der Waals surface area contributed by atoms with E-state index in [9.17, 15) is 9.59 Å². The van der Waals surface area contributed by atoms with E-state index in [1.165, 1.54) is 26.0 Å². The molecule has 8 nitrogen and oxygen atoms in total. The number of hydrogen-bond donors (Lipinski definition) is 1. The molecule has 2 aromatic rings. The average Bonchev–Trinajstić information content (AvgIpc) is 2.66. The molecule has 30 heavy (non-hydrogen) atoms. The van der Waals surface area contributed by atoms with Crippen molar-refractivity contribution >= 4 is 23.6 Å². The largest absolute Gasteiger partial charge is 0.481 e. The third kappa shape index (κ3) is 6.35. The number of rotatable bonds is 7. The summed E-state index contributed by atoms with van der Waals surface area (Å²) in [6.45, 7) is 8.74. The minimum atomic E-state index is -0.803. The number of amides is 1. The highest BCUT2D eigenvalue weighted by Gasteiger charge is 2.25. The van der Waals surface area contributed by atoms with Crippen LogP contribution >= 0.6 is 11.8 Å². The molecular formula is C21H27N3O5S. The van der Waals surface area contributed by atoms with Crippen molar-refractivity contribution in [3.63, 3.8) is 0 Å². The number of esters is 1. The zero-order valence-electron chi connectivity index (χ0n) is 18.2. The second kappa shape index (κ2) is 9.80. The molecule has 0 fully saturated rings. The first-order valence-electron chi connectivity index (χ1n) is 9.32. The van der Waals surface area contributed by atoms with Gasteiger partial charge >= 0.3 is 5.97 Å². The van der Waals surface area contributed by atoms with E-state index in [4.69, 9.17) is 14.2 Å². The van der Waals surface area contributed by atoms with Crippen molar-refractivity contribution in [3.8, 4) is 11.8 Å². The minimum Gasteiger partial charge on any atom is -0.481 e.